The van der Waals surface area contributed by atoms with E-state index >= 15 is 0 Å². The first-order valence-corrected chi connectivity index (χ1v) is 9.04. The number of anilines is 2. The van der Waals surface area contributed by atoms with Crippen LogP contribution in [0.15, 0.2) is 29.1 Å². The third-order valence-corrected chi connectivity index (χ3v) is 4.37. The molecule has 8 nitrogen and oxygen atoms in total. The highest BCUT2D eigenvalue weighted by molar-refractivity contribution is 5.74. The number of ether oxygens (including phenoxy) is 1. The number of hydrogen-bond donors (Lipinski definition) is 1. The largest absolute Gasteiger partial charge is 0.464 e. The molecule has 0 radical (unpaired) electrons. The van der Waals surface area contributed by atoms with E-state index < -0.39 is 17.7 Å². The number of carbonyl (C=O) groups is 1. The average Bonchev–Trinajstić information content (AvgIpc) is 2.96. The standard InChI is InChI=1S/C19H22FN5O3/c1-5-15(17(26)28-6-2)25-19(27)24-12(4)10-16(22-18(24)23-25)21-13-7-8-14(20)11(3)9-13/h7-10,15H,5-6H2,1-4H3,(H,21,22,23). The van der Waals surface area contributed by atoms with Gasteiger partial charge in [-0.3, -0.25) is 0 Å². The molecule has 1 N–H and O–H groups in total. The Hall–Kier alpha value is -3.23. The van der Waals surface area contributed by atoms with Crippen molar-refractivity contribution in [3.63, 3.8) is 0 Å². The molecule has 0 aliphatic heterocycles. The number of benzene rings is 1. The van der Waals surface area contributed by atoms with Crippen molar-refractivity contribution in [2.45, 2.75) is 40.2 Å². The van der Waals surface area contributed by atoms with Gasteiger partial charge in [-0.25, -0.2) is 18.4 Å². The number of fused-ring (bicyclic) bond motifs is 1. The molecule has 9 heteroatoms. The molecule has 1 atom stereocenters. The average molecular weight is 387 g/mol. The molecular formula is C19H22FN5O3. The lowest BCUT2D eigenvalue weighted by atomic mass is 10.2. The van der Waals surface area contributed by atoms with Crippen molar-refractivity contribution in [1.29, 1.82) is 0 Å². The molecule has 2 aromatic heterocycles. The van der Waals surface area contributed by atoms with E-state index in [1.807, 2.05) is 0 Å². The fourth-order valence-corrected chi connectivity index (χ4v) is 2.97. The van der Waals surface area contributed by atoms with Crippen LogP contribution in [-0.2, 0) is 9.53 Å². The van der Waals surface area contributed by atoms with Crippen molar-refractivity contribution in [3.8, 4) is 0 Å². The van der Waals surface area contributed by atoms with Gasteiger partial charge in [0, 0.05) is 17.4 Å². The van der Waals surface area contributed by atoms with Crippen LogP contribution in [0.5, 0.6) is 0 Å². The number of aryl methyl sites for hydroxylation is 2. The number of esters is 1. The lowest BCUT2D eigenvalue weighted by molar-refractivity contribution is -0.147. The first-order chi connectivity index (χ1) is 13.3. The van der Waals surface area contributed by atoms with Crippen LogP contribution >= 0.6 is 0 Å². The molecule has 0 amide bonds. The number of carbonyl (C=O) groups excluding carboxylic acids is 1. The molecule has 3 rings (SSSR count). The van der Waals surface area contributed by atoms with Crippen molar-refractivity contribution >= 4 is 23.3 Å². The summed E-state index contributed by atoms with van der Waals surface area (Å²) in [5.74, 6) is -0.181. The van der Waals surface area contributed by atoms with Crippen molar-refractivity contribution < 1.29 is 13.9 Å². The molecule has 148 valence electrons. The topological polar surface area (TPSA) is 90.5 Å². The van der Waals surface area contributed by atoms with Crippen molar-refractivity contribution in [1.82, 2.24) is 19.2 Å². The maximum Gasteiger partial charge on any atom is 0.352 e. The Morgan fingerprint density at radius 2 is 2.04 bits per heavy atom. The van der Waals surface area contributed by atoms with Crippen LogP contribution in [0.4, 0.5) is 15.9 Å². The van der Waals surface area contributed by atoms with Gasteiger partial charge in [-0.1, -0.05) is 6.92 Å². The molecule has 28 heavy (non-hydrogen) atoms. The highest BCUT2D eigenvalue weighted by Gasteiger charge is 2.25. The number of nitrogens with one attached hydrogen (secondary N) is 1. The summed E-state index contributed by atoms with van der Waals surface area (Å²) in [4.78, 5) is 29.3. The molecular weight excluding hydrogens is 365 g/mol. The zero-order valence-corrected chi connectivity index (χ0v) is 16.2. The molecule has 0 spiro atoms. The van der Waals surface area contributed by atoms with Crippen LogP contribution in [-0.4, -0.2) is 31.7 Å². The van der Waals surface area contributed by atoms with Crippen LogP contribution < -0.4 is 11.0 Å². The number of halogens is 1. The van der Waals surface area contributed by atoms with Crippen LogP contribution in [0.1, 0.15) is 37.6 Å². The zero-order chi connectivity index (χ0) is 20.4. The molecule has 3 aromatic rings. The summed E-state index contributed by atoms with van der Waals surface area (Å²) >= 11 is 0. The Balaban J connectivity index is 2.02. The summed E-state index contributed by atoms with van der Waals surface area (Å²) in [5.41, 5.74) is 1.31. The Morgan fingerprint density at radius 1 is 1.29 bits per heavy atom. The number of rotatable bonds is 6. The Morgan fingerprint density at radius 3 is 2.68 bits per heavy atom. The van der Waals surface area contributed by atoms with Crippen LogP contribution in [0.3, 0.4) is 0 Å². The first kappa shape index (κ1) is 19.5. The molecule has 0 aliphatic rings. The Bertz CT molecular complexity index is 1090. The lowest BCUT2D eigenvalue weighted by Crippen LogP contribution is -2.31. The molecule has 0 saturated carbocycles. The van der Waals surface area contributed by atoms with Gasteiger partial charge in [-0.2, -0.15) is 9.67 Å². The fraction of sp³-hybridized carbons (Fsp3) is 0.368. The van der Waals surface area contributed by atoms with Gasteiger partial charge >= 0.3 is 11.7 Å². The molecule has 1 aromatic carbocycles. The maximum absolute atomic E-state index is 13.5. The van der Waals surface area contributed by atoms with Gasteiger partial charge in [0.1, 0.15) is 11.6 Å². The Labute approximate surface area is 161 Å². The van der Waals surface area contributed by atoms with Gasteiger partial charge in [0.25, 0.3) is 5.78 Å². The van der Waals surface area contributed by atoms with Gasteiger partial charge in [0.15, 0.2) is 6.04 Å². The third-order valence-electron chi connectivity index (χ3n) is 4.37. The summed E-state index contributed by atoms with van der Waals surface area (Å²) in [6.45, 7) is 7.12. The van der Waals surface area contributed by atoms with Gasteiger partial charge in [0.05, 0.1) is 6.61 Å². The minimum atomic E-state index is -0.815. The SMILES string of the molecule is CCOC(=O)C(CC)n1nc2nc(Nc3ccc(F)c(C)c3)cc(C)n2c1=O. The van der Waals surface area contributed by atoms with Gasteiger partial charge in [-0.05, 0) is 51.0 Å². The van der Waals surface area contributed by atoms with Crippen molar-refractivity contribution in [2.75, 3.05) is 11.9 Å². The highest BCUT2D eigenvalue weighted by atomic mass is 19.1. The van der Waals surface area contributed by atoms with Gasteiger partial charge < -0.3 is 10.1 Å². The lowest BCUT2D eigenvalue weighted by Gasteiger charge is -2.11. The normalized spacial score (nSPS) is 12.2. The quantitative estimate of drug-likeness (QED) is 0.654. The second-order valence-electron chi connectivity index (χ2n) is 6.41. The van der Waals surface area contributed by atoms with Crippen LogP contribution in [0, 0.1) is 19.7 Å². The first-order valence-electron chi connectivity index (χ1n) is 9.04. The summed E-state index contributed by atoms with van der Waals surface area (Å²) in [6.07, 6.45) is 0.363. The second kappa shape index (κ2) is 7.79. The van der Waals surface area contributed by atoms with E-state index in [2.05, 4.69) is 15.4 Å². The van der Waals surface area contributed by atoms with Crippen molar-refractivity contribution in [2.24, 2.45) is 0 Å². The maximum atomic E-state index is 13.5. The monoisotopic (exact) mass is 387 g/mol. The summed E-state index contributed by atoms with van der Waals surface area (Å²) in [7, 11) is 0. The van der Waals surface area contributed by atoms with Gasteiger partial charge in [-0.15, -0.1) is 5.10 Å². The number of aromatic nitrogens is 4. The van der Waals surface area contributed by atoms with E-state index in [9.17, 15) is 14.0 Å². The van der Waals surface area contributed by atoms with E-state index in [4.69, 9.17) is 4.74 Å². The molecule has 0 bridgehead atoms. The smallest absolute Gasteiger partial charge is 0.352 e. The summed E-state index contributed by atoms with van der Waals surface area (Å²) in [5, 5.41) is 7.32. The minimum absolute atomic E-state index is 0.161. The fourth-order valence-electron chi connectivity index (χ4n) is 2.97. The third kappa shape index (κ3) is 3.60. The van der Waals surface area contributed by atoms with Crippen molar-refractivity contribution in [3.05, 3.63) is 51.8 Å². The predicted molar refractivity (Wildman–Crippen MR) is 102 cm³/mol. The van der Waals surface area contributed by atoms with E-state index in [0.717, 1.165) is 4.68 Å². The summed E-state index contributed by atoms with van der Waals surface area (Å²) in [6, 6.07) is 5.50. The molecule has 0 aliphatic carbocycles. The van der Waals surface area contributed by atoms with Crippen LogP contribution in [0.2, 0.25) is 0 Å². The minimum Gasteiger partial charge on any atom is -0.464 e. The summed E-state index contributed by atoms with van der Waals surface area (Å²) < 4.78 is 20.9. The number of nitrogens with zero attached hydrogens (tertiary/aromatic N) is 4. The highest BCUT2D eigenvalue weighted by Crippen LogP contribution is 2.19. The predicted octanol–water partition coefficient (Wildman–Crippen LogP) is 2.90. The zero-order valence-electron chi connectivity index (χ0n) is 16.2. The van der Waals surface area contributed by atoms with E-state index in [1.165, 1.54) is 10.5 Å². The second-order valence-corrected chi connectivity index (χ2v) is 6.41. The van der Waals surface area contributed by atoms with E-state index in [1.54, 1.807) is 45.9 Å². The van der Waals surface area contributed by atoms with Crippen LogP contribution in [0.25, 0.3) is 5.78 Å². The van der Waals surface area contributed by atoms with E-state index in [0.29, 0.717) is 29.2 Å². The number of hydrogen-bond acceptors (Lipinski definition) is 6. The van der Waals surface area contributed by atoms with E-state index in [-0.39, 0.29) is 18.2 Å². The molecule has 0 saturated heterocycles. The van der Waals surface area contributed by atoms with Gasteiger partial charge in [0.2, 0.25) is 0 Å². The molecule has 2 heterocycles. The Kier molecular flexibility index (Phi) is 5.43. The molecule has 0 fully saturated rings. The molecule has 1 unspecified atom stereocenters.